The number of halogens is 2. The van der Waals surface area contributed by atoms with Crippen LogP contribution in [0.1, 0.15) is 54.8 Å². The van der Waals surface area contributed by atoms with E-state index in [-0.39, 0.29) is 5.92 Å². The summed E-state index contributed by atoms with van der Waals surface area (Å²) in [6.45, 7) is 2.38. The lowest BCUT2D eigenvalue weighted by molar-refractivity contribution is 0.194. The van der Waals surface area contributed by atoms with Crippen LogP contribution in [-0.4, -0.2) is 28.1 Å². The van der Waals surface area contributed by atoms with Gasteiger partial charge >= 0.3 is 0 Å². The third kappa shape index (κ3) is 3.27. The van der Waals surface area contributed by atoms with Crippen LogP contribution in [0.2, 0.25) is 0 Å². The Morgan fingerprint density at radius 2 is 2.00 bits per heavy atom. The van der Waals surface area contributed by atoms with Crippen molar-refractivity contribution in [2.75, 3.05) is 13.1 Å². The summed E-state index contributed by atoms with van der Waals surface area (Å²) in [5.74, 6) is 0.705. The first-order chi connectivity index (χ1) is 11.2. The minimum absolute atomic E-state index is 0.255. The zero-order chi connectivity index (χ0) is 15.8. The Labute approximate surface area is 133 Å². The number of rotatable bonds is 4. The Morgan fingerprint density at radius 3 is 2.78 bits per heavy atom. The van der Waals surface area contributed by atoms with Gasteiger partial charge < -0.3 is 4.52 Å². The van der Waals surface area contributed by atoms with Gasteiger partial charge in [-0.1, -0.05) is 11.2 Å². The number of hydrogen-bond donors (Lipinski definition) is 0. The molecule has 6 heteroatoms. The summed E-state index contributed by atoms with van der Waals surface area (Å²) in [5.41, 5.74) is 0.788. The molecule has 1 atom stereocenters. The van der Waals surface area contributed by atoms with Gasteiger partial charge in [0.25, 0.3) is 0 Å². The first-order valence-corrected chi connectivity index (χ1v) is 8.19. The van der Waals surface area contributed by atoms with Crippen molar-refractivity contribution in [3.8, 4) is 0 Å². The number of nitrogens with zero attached hydrogens (tertiary/aromatic N) is 3. The molecule has 122 valence electrons. The first kappa shape index (κ1) is 14.8. The Bertz CT molecular complexity index is 699. The van der Waals surface area contributed by atoms with Crippen molar-refractivity contribution in [1.29, 1.82) is 0 Å². The minimum Gasteiger partial charge on any atom is -0.339 e. The fourth-order valence-corrected chi connectivity index (χ4v) is 3.22. The molecule has 0 unspecified atom stereocenters. The van der Waals surface area contributed by atoms with E-state index in [1.54, 1.807) is 6.07 Å². The second kappa shape index (κ2) is 6.00. The summed E-state index contributed by atoms with van der Waals surface area (Å²) >= 11 is 0. The highest BCUT2D eigenvalue weighted by Gasteiger charge is 2.32. The standard InChI is InChI=1S/C17H19F2N3O/c18-14-6-3-11(8-15(14)19)9-22-7-1-2-13(10-22)16-20-17(23-21-16)12-4-5-12/h3,6,8,12-13H,1-2,4-5,7,9-10H2/t13-/m0/s1. The summed E-state index contributed by atoms with van der Waals surface area (Å²) in [6.07, 6.45) is 4.38. The molecular formula is C17H19F2N3O. The summed E-state index contributed by atoms with van der Waals surface area (Å²) in [7, 11) is 0. The molecule has 1 aliphatic carbocycles. The van der Waals surface area contributed by atoms with Gasteiger partial charge in [0.2, 0.25) is 5.89 Å². The third-order valence-corrected chi connectivity index (χ3v) is 4.64. The van der Waals surface area contributed by atoms with E-state index in [9.17, 15) is 8.78 Å². The molecule has 2 aromatic rings. The quantitative estimate of drug-likeness (QED) is 0.863. The normalized spacial score (nSPS) is 22.4. The lowest BCUT2D eigenvalue weighted by Crippen LogP contribution is -2.34. The van der Waals surface area contributed by atoms with Crippen LogP contribution in [0.4, 0.5) is 8.78 Å². The smallest absolute Gasteiger partial charge is 0.229 e. The van der Waals surface area contributed by atoms with E-state index in [0.717, 1.165) is 56.1 Å². The van der Waals surface area contributed by atoms with Crippen molar-refractivity contribution in [3.05, 3.63) is 47.1 Å². The molecule has 0 radical (unpaired) electrons. The molecule has 4 rings (SSSR count). The van der Waals surface area contributed by atoms with E-state index in [1.165, 1.54) is 12.1 Å². The highest BCUT2D eigenvalue weighted by atomic mass is 19.2. The van der Waals surface area contributed by atoms with Crippen molar-refractivity contribution in [1.82, 2.24) is 15.0 Å². The van der Waals surface area contributed by atoms with Gasteiger partial charge in [-0.2, -0.15) is 4.98 Å². The Morgan fingerprint density at radius 1 is 1.13 bits per heavy atom. The van der Waals surface area contributed by atoms with Gasteiger partial charge in [-0.3, -0.25) is 4.90 Å². The zero-order valence-electron chi connectivity index (χ0n) is 12.8. The van der Waals surface area contributed by atoms with E-state index in [1.807, 2.05) is 0 Å². The molecule has 0 amide bonds. The molecule has 1 aliphatic heterocycles. The maximum atomic E-state index is 13.3. The highest BCUT2D eigenvalue weighted by molar-refractivity contribution is 5.18. The van der Waals surface area contributed by atoms with Crippen LogP contribution in [0.25, 0.3) is 0 Å². The lowest BCUT2D eigenvalue weighted by Gasteiger charge is -2.31. The molecule has 1 aromatic heterocycles. The van der Waals surface area contributed by atoms with E-state index >= 15 is 0 Å². The maximum absolute atomic E-state index is 13.3. The molecule has 0 spiro atoms. The van der Waals surface area contributed by atoms with Crippen LogP contribution >= 0.6 is 0 Å². The molecule has 1 saturated carbocycles. The fraction of sp³-hybridized carbons (Fsp3) is 0.529. The Kier molecular flexibility index (Phi) is 3.85. The van der Waals surface area contributed by atoms with Crippen LogP contribution in [0.5, 0.6) is 0 Å². The van der Waals surface area contributed by atoms with Crippen LogP contribution in [-0.2, 0) is 6.54 Å². The Balaban J connectivity index is 1.42. The molecule has 23 heavy (non-hydrogen) atoms. The van der Waals surface area contributed by atoms with Crippen LogP contribution in [0.15, 0.2) is 22.7 Å². The van der Waals surface area contributed by atoms with Crippen molar-refractivity contribution >= 4 is 0 Å². The second-order valence-corrected chi connectivity index (χ2v) is 6.59. The molecule has 2 fully saturated rings. The maximum Gasteiger partial charge on any atom is 0.229 e. The van der Waals surface area contributed by atoms with Gasteiger partial charge in [-0.15, -0.1) is 0 Å². The summed E-state index contributed by atoms with van der Waals surface area (Å²) in [4.78, 5) is 6.79. The lowest BCUT2D eigenvalue weighted by atomic mass is 9.97. The monoisotopic (exact) mass is 319 g/mol. The van der Waals surface area contributed by atoms with Crippen LogP contribution in [0.3, 0.4) is 0 Å². The van der Waals surface area contributed by atoms with Crippen molar-refractivity contribution in [2.24, 2.45) is 0 Å². The first-order valence-electron chi connectivity index (χ1n) is 8.19. The van der Waals surface area contributed by atoms with E-state index < -0.39 is 11.6 Å². The van der Waals surface area contributed by atoms with Gasteiger partial charge in [-0.25, -0.2) is 8.78 Å². The number of aromatic nitrogens is 2. The molecular weight excluding hydrogens is 300 g/mol. The molecule has 0 N–H and O–H groups in total. The topological polar surface area (TPSA) is 42.2 Å². The van der Waals surface area contributed by atoms with E-state index in [4.69, 9.17) is 4.52 Å². The van der Waals surface area contributed by atoms with E-state index in [2.05, 4.69) is 15.0 Å². The van der Waals surface area contributed by atoms with Gasteiger partial charge in [0.15, 0.2) is 17.5 Å². The fourth-order valence-electron chi connectivity index (χ4n) is 3.22. The predicted octanol–water partition coefficient (Wildman–Crippen LogP) is 3.60. The van der Waals surface area contributed by atoms with Gasteiger partial charge in [0.1, 0.15) is 0 Å². The average Bonchev–Trinajstić information content (AvgIpc) is 3.28. The number of hydrogen-bond acceptors (Lipinski definition) is 4. The molecule has 1 aromatic carbocycles. The van der Waals surface area contributed by atoms with Gasteiger partial charge in [0.05, 0.1) is 0 Å². The summed E-state index contributed by atoms with van der Waals surface area (Å²) in [6, 6.07) is 4.10. The molecule has 2 heterocycles. The average molecular weight is 319 g/mol. The van der Waals surface area contributed by atoms with Crippen LogP contribution < -0.4 is 0 Å². The van der Waals surface area contributed by atoms with Crippen LogP contribution in [0, 0.1) is 11.6 Å². The molecule has 2 aliphatic rings. The number of piperidine rings is 1. The van der Waals surface area contributed by atoms with Crippen molar-refractivity contribution in [3.63, 3.8) is 0 Å². The number of benzene rings is 1. The third-order valence-electron chi connectivity index (χ3n) is 4.64. The molecule has 1 saturated heterocycles. The molecule has 0 bridgehead atoms. The minimum atomic E-state index is -0.801. The van der Waals surface area contributed by atoms with Crippen molar-refractivity contribution in [2.45, 2.75) is 44.1 Å². The van der Waals surface area contributed by atoms with Gasteiger partial charge in [0, 0.05) is 24.9 Å². The highest BCUT2D eigenvalue weighted by Crippen LogP contribution is 2.39. The van der Waals surface area contributed by atoms with Gasteiger partial charge in [-0.05, 0) is 49.9 Å². The van der Waals surface area contributed by atoms with E-state index in [0.29, 0.717) is 12.5 Å². The Hall–Kier alpha value is -1.82. The number of likely N-dealkylation sites (tertiary alicyclic amines) is 1. The largest absolute Gasteiger partial charge is 0.339 e. The van der Waals surface area contributed by atoms with Crippen molar-refractivity contribution < 1.29 is 13.3 Å². The SMILES string of the molecule is Fc1ccc(CN2CCC[C@H](c3noc(C4CC4)n3)C2)cc1F. The second-order valence-electron chi connectivity index (χ2n) is 6.59. The summed E-state index contributed by atoms with van der Waals surface area (Å²) < 4.78 is 31.7. The predicted molar refractivity (Wildman–Crippen MR) is 79.9 cm³/mol. The zero-order valence-corrected chi connectivity index (χ0v) is 12.8. The summed E-state index contributed by atoms with van der Waals surface area (Å²) in [5, 5.41) is 4.15. The molecule has 4 nitrogen and oxygen atoms in total.